The zero-order valence-electron chi connectivity index (χ0n) is 10.3. The molecule has 0 aromatic heterocycles. The van der Waals surface area contributed by atoms with E-state index in [-0.39, 0.29) is 25.2 Å². The molecule has 0 aliphatic rings. The van der Waals surface area contributed by atoms with Gasteiger partial charge in [0.15, 0.2) is 0 Å². The minimum atomic E-state index is -1.30. The van der Waals surface area contributed by atoms with E-state index >= 15 is 0 Å². The summed E-state index contributed by atoms with van der Waals surface area (Å²) >= 11 is 0. The average molecular weight is 242 g/mol. The van der Waals surface area contributed by atoms with Crippen molar-refractivity contribution in [1.29, 1.82) is 10.5 Å². The summed E-state index contributed by atoms with van der Waals surface area (Å²) in [5.41, 5.74) is -0.148. The summed E-state index contributed by atoms with van der Waals surface area (Å²) in [7, 11) is 0. The first-order valence-electron chi connectivity index (χ1n) is 5.00. The van der Waals surface area contributed by atoms with Crippen molar-refractivity contribution in [1.82, 2.24) is 0 Å². The van der Waals surface area contributed by atoms with E-state index in [0.717, 1.165) is 0 Å². The zero-order valence-corrected chi connectivity index (χ0v) is 10.3. The number of rotatable bonds is 3. The van der Waals surface area contributed by atoms with Crippen molar-refractivity contribution in [3.8, 4) is 12.1 Å². The van der Waals surface area contributed by atoms with Crippen LogP contribution in [-0.4, -0.2) is 36.0 Å². The zero-order chi connectivity index (χ0) is 13.9. The maximum Gasteiger partial charge on any atom is 0.338 e. The Balaban J connectivity index is 0. The van der Waals surface area contributed by atoms with Crippen molar-refractivity contribution in [2.45, 2.75) is 20.8 Å². The lowest BCUT2D eigenvalue weighted by Gasteiger charge is -2.17. The number of ether oxygens (including phenoxy) is 1. The minimum Gasteiger partial charge on any atom is -0.463 e. The normalized spacial score (nSPS) is 9.65. The molecule has 0 unspecified atom stereocenters. The van der Waals surface area contributed by atoms with Crippen LogP contribution in [0.2, 0.25) is 0 Å². The monoisotopic (exact) mass is 242 g/mol. The van der Waals surface area contributed by atoms with Gasteiger partial charge in [0.05, 0.1) is 32.0 Å². The number of nitriles is 2. The molecular formula is C11H18N2O4. The molecule has 6 heteroatoms. The van der Waals surface area contributed by atoms with E-state index < -0.39 is 11.9 Å². The Labute approximate surface area is 101 Å². The van der Waals surface area contributed by atoms with E-state index in [4.69, 9.17) is 25.5 Å². The van der Waals surface area contributed by atoms with Gasteiger partial charge in [-0.15, -0.1) is 0 Å². The fourth-order valence-corrected chi connectivity index (χ4v) is 0.505. The van der Waals surface area contributed by atoms with Gasteiger partial charge in [0.25, 0.3) is 0 Å². The highest BCUT2D eigenvalue weighted by Gasteiger charge is 2.21. The highest BCUT2D eigenvalue weighted by atomic mass is 16.5. The Morgan fingerprint density at radius 1 is 1.24 bits per heavy atom. The van der Waals surface area contributed by atoms with Crippen LogP contribution in [0.15, 0.2) is 0 Å². The molecule has 0 radical (unpaired) electrons. The number of hydrogen-bond acceptors (Lipinski definition) is 6. The Bertz CT molecular complexity index is 280. The lowest BCUT2D eigenvalue weighted by molar-refractivity contribution is -0.147. The molecule has 0 spiro atoms. The molecule has 0 fully saturated rings. The summed E-state index contributed by atoms with van der Waals surface area (Å²) in [5.74, 6) is -2.07. The number of esters is 1. The Kier molecular flexibility index (Phi) is 10.0. The maximum atomic E-state index is 11.0. The molecule has 0 bridgehead atoms. The Hall–Kier alpha value is -1.63. The van der Waals surface area contributed by atoms with Gasteiger partial charge in [-0.05, 0) is 5.41 Å². The smallest absolute Gasteiger partial charge is 0.338 e. The van der Waals surface area contributed by atoms with E-state index in [2.05, 4.69) is 0 Å². The van der Waals surface area contributed by atoms with Crippen LogP contribution < -0.4 is 0 Å². The van der Waals surface area contributed by atoms with Gasteiger partial charge < -0.3 is 14.9 Å². The van der Waals surface area contributed by atoms with Crippen molar-refractivity contribution in [3.63, 3.8) is 0 Å². The van der Waals surface area contributed by atoms with Crippen molar-refractivity contribution >= 4 is 5.97 Å². The van der Waals surface area contributed by atoms with Crippen molar-refractivity contribution in [2.75, 3.05) is 19.8 Å². The van der Waals surface area contributed by atoms with E-state index in [9.17, 15) is 4.79 Å². The molecule has 0 saturated heterocycles. The van der Waals surface area contributed by atoms with Gasteiger partial charge in [0.2, 0.25) is 5.92 Å². The maximum absolute atomic E-state index is 11.0. The first kappa shape index (κ1) is 17.8. The molecule has 0 atom stereocenters. The molecule has 6 nitrogen and oxygen atoms in total. The molecule has 2 N–H and O–H groups in total. The third-order valence-corrected chi connectivity index (χ3v) is 1.24. The van der Waals surface area contributed by atoms with Gasteiger partial charge in [-0.25, -0.2) is 4.79 Å². The molecule has 0 aromatic rings. The molecular weight excluding hydrogens is 224 g/mol. The molecule has 0 aliphatic carbocycles. The number of carbonyl (C=O) groups excluding carboxylic acids is 1. The van der Waals surface area contributed by atoms with E-state index in [1.54, 1.807) is 12.1 Å². The molecule has 0 aliphatic heterocycles. The highest BCUT2D eigenvalue weighted by molar-refractivity contribution is 5.78. The molecule has 0 amide bonds. The molecule has 17 heavy (non-hydrogen) atoms. The molecule has 0 heterocycles. The quantitative estimate of drug-likeness (QED) is 0.684. The van der Waals surface area contributed by atoms with Crippen LogP contribution in [0.25, 0.3) is 0 Å². The van der Waals surface area contributed by atoms with Crippen LogP contribution in [0.5, 0.6) is 0 Å². The van der Waals surface area contributed by atoms with Gasteiger partial charge in [-0.2, -0.15) is 10.5 Å². The van der Waals surface area contributed by atoms with Gasteiger partial charge in [-0.1, -0.05) is 20.8 Å². The largest absolute Gasteiger partial charge is 0.463 e. The van der Waals surface area contributed by atoms with Gasteiger partial charge in [0, 0.05) is 0 Å². The number of aliphatic hydroxyl groups is 2. The lowest BCUT2D eigenvalue weighted by atomic mass is 9.99. The third kappa shape index (κ3) is 12.3. The van der Waals surface area contributed by atoms with Gasteiger partial charge >= 0.3 is 5.97 Å². The Morgan fingerprint density at radius 3 is 1.88 bits per heavy atom. The second-order valence-electron chi connectivity index (χ2n) is 4.31. The van der Waals surface area contributed by atoms with Crippen molar-refractivity contribution in [3.05, 3.63) is 0 Å². The summed E-state index contributed by atoms with van der Waals surface area (Å²) < 4.78 is 4.77. The summed E-state index contributed by atoms with van der Waals surface area (Å²) in [6.07, 6.45) is 0. The lowest BCUT2D eigenvalue weighted by Crippen LogP contribution is -2.22. The minimum absolute atomic E-state index is 0.125. The third-order valence-electron chi connectivity index (χ3n) is 1.24. The second-order valence-corrected chi connectivity index (χ2v) is 4.31. The van der Waals surface area contributed by atoms with Gasteiger partial charge in [-0.3, -0.25) is 0 Å². The Morgan fingerprint density at radius 2 is 1.65 bits per heavy atom. The molecule has 96 valence electrons. The topological polar surface area (TPSA) is 114 Å². The number of nitrogens with zero attached hydrogens (tertiary/aromatic N) is 2. The van der Waals surface area contributed by atoms with Crippen LogP contribution >= 0.6 is 0 Å². The standard InChI is InChI=1S/C9H12N2O2.C2H6O2/c1-9(2,3)6-13-8(12)7(4-10)5-11;3-1-2-4/h7H,6H2,1-3H3;3-4H,1-2H2. The van der Waals surface area contributed by atoms with Crippen molar-refractivity contribution in [2.24, 2.45) is 11.3 Å². The predicted molar refractivity (Wildman–Crippen MR) is 59.3 cm³/mol. The van der Waals surface area contributed by atoms with Crippen molar-refractivity contribution < 1.29 is 19.7 Å². The summed E-state index contributed by atoms with van der Waals surface area (Å²) in [6.45, 7) is 5.65. The number of aliphatic hydroxyl groups excluding tert-OH is 2. The van der Waals surface area contributed by atoms with Crippen LogP contribution in [-0.2, 0) is 9.53 Å². The predicted octanol–water partition coefficient (Wildman–Crippen LogP) is 0.210. The fourth-order valence-electron chi connectivity index (χ4n) is 0.505. The SMILES string of the molecule is CC(C)(C)COC(=O)C(C#N)C#N.OCCO. The van der Waals surface area contributed by atoms with E-state index in [1.807, 2.05) is 20.8 Å². The van der Waals surface area contributed by atoms with Crippen LogP contribution in [0.3, 0.4) is 0 Å². The average Bonchev–Trinajstić information content (AvgIpc) is 2.27. The first-order valence-corrected chi connectivity index (χ1v) is 5.00. The fraction of sp³-hybridized carbons (Fsp3) is 0.727. The summed E-state index contributed by atoms with van der Waals surface area (Å²) in [4.78, 5) is 11.0. The highest BCUT2D eigenvalue weighted by Crippen LogP contribution is 2.13. The van der Waals surface area contributed by atoms with Crippen LogP contribution in [0, 0.1) is 34.0 Å². The van der Waals surface area contributed by atoms with Crippen LogP contribution in [0.1, 0.15) is 20.8 Å². The van der Waals surface area contributed by atoms with E-state index in [1.165, 1.54) is 0 Å². The van der Waals surface area contributed by atoms with E-state index in [0.29, 0.717) is 0 Å². The first-order chi connectivity index (χ1) is 7.82. The number of hydrogen-bond donors (Lipinski definition) is 2. The molecule has 0 aromatic carbocycles. The molecule has 0 saturated carbocycles. The second kappa shape index (κ2) is 9.59. The molecule has 0 rings (SSSR count). The number of carbonyl (C=O) groups is 1. The van der Waals surface area contributed by atoms with Crippen LogP contribution in [0.4, 0.5) is 0 Å². The van der Waals surface area contributed by atoms with Gasteiger partial charge in [0.1, 0.15) is 0 Å². The summed E-state index contributed by atoms with van der Waals surface area (Å²) in [6, 6.07) is 3.10. The summed E-state index contributed by atoms with van der Waals surface area (Å²) in [5, 5.41) is 32.0.